The van der Waals surface area contributed by atoms with E-state index < -0.39 is 17.1 Å². The molecule has 0 spiro atoms. The van der Waals surface area contributed by atoms with Crippen molar-refractivity contribution in [3.8, 4) is 5.75 Å². The number of carbonyl (C=O) groups excluding carboxylic acids is 1. The van der Waals surface area contributed by atoms with Gasteiger partial charge in [-0.05, 0) is 37.5 Å². The summed E-state index contributed by atoms with van der Waals surface area (Å²) in [6, 6.07) is 5.88. The zero-order chi connectivity index (χ0) is 15.1. The van der Waals surface area contributed by atoms with Crippen LogP contribution in [0.4, 0.5) is 0 Å². The lowest BCUT2D eigenvalue weighted by molar-refractivity contribution is -0.151. The molecule has 0 fully saturated rings. The Balaban J connectivity index is 2.61. The van der Waals surface area contributed by atoms with Crippen LogP contribution in [-0.2, 0) is 15.1 Å². The van der Waals surface area contributed by atoms with Crippen molar-refractivity contribution in [2.24, 2.45) is 5.73 Å². The largest absolute Gasteiger partial charge is 0.487 e. The van der Waals surface area contributed by atoms with Crippen LogP contribution in [0.2, 0.25) is 0 Å². The van der Waals surface area contributed by atoms with E-state index in [0.717, 1.165) is 11.1 Å². The Morgan fingerprint density at radius 2 is 2.05 bits per heavy atom. The van der Waals surface area contributed by atoms with E-state index in [1.165, 1.54) is 7.11 Å². The lowest BCUT2D eigenvalue weighted by atomic mass is 9.77. The van der Waals surface area contributed by atoms with Gasteiger partial charge in [-0.1, -0.05) is 19.9 Å². The smallest absolute Gasteiger partial charge is 0.330 e. The Labute approximate surface area is 120 Å². The molecule has 1 aliphatic heterocycles. The van der Waals surface area contributed by atoms with Gasteiger partial charge < -0.3 is 15.2 Å². The zero-order valence-electron chi connectivity index (χ0n) is 12.8. The van der Waals surface area contributed by atoms with Crippen molar-refractivity contribution in [1.82, 2.24) is 0 Å². The highest BCUT2D eigenvalue weighted by Crippen LogP contribution is 2.43. The van der Waals surface area contributed by atoms with Crippen LogP contribution in [0.15, 0.2) is 18.2 Å². The molecule has 0 aliphatic carbocycles. The highest BCUT2D eigenvalue weighted by molar-refractivity contribution is 5.84. The van der Waals surface area contributed by atoms with Gasteiger partial charge in [0.2, 0.25) is 0 Å². The first-order valence-electron chi connectivity index (χ1n) is 6.90. The minimum atomic E-state index is -1.16. The Morgan fingerprint density at radius 1 is 1.40 bits per heavy atom. The molecule has 1 unspecified atom stereocenters. The van der Waals surface area contributed by atoms with Gasteiger partial charge >= 0.3 is 5.97 Å². The Hall–Kier alpha value is -1.55. The monoisotopic (exact) mass is 277 g/mol. The van der Waals surface area contributed by atoms with Gasteiger partial charge in [-0.2, -0.15) is 0 Å². The molecule has 1 aliphatic rings. The van der Waals surface area contributed by atoms with Crippen molar-refractivity contribution in [3.63, 3.8) is 0 Å². The number of nitrogens with two attached hydrogens (primary N) is 1. The third-order valence-electron chi connectivity index (χ3n) is 3.79. The molecule has 1 heterocycles. The van der Waals surface area contributed by atoms with E-state index in [2.05, 4.69) is 13.8 Å². The molecular weight excluding hydrogens is 254 g/mol. The number of ether oxygens (including phenoxy) is 2. The second kappa shape index (κ2) is 4.77. The predicted molar refractivity (Wildman–Crippen MR) is 77.7 cm³/mol. The van der Waals surface area contributed by atoms with Gasteiger partial charge in [0.15, 0.2) is 0 Å². The normalized spacial score (nSPS) is 23.9. The lowest BCUT2D eigenvalue weighted by Crippen LogP contribution is -2.54. The summed E-state index contributed by atoms with van der Waals surface area (Å²) in [7, 11) is 1.37. The van der Waals surface area contributed by atoms with E-state index in [0.29, 0.717) is 18.1 Å². The molecule has 0 amide bonds. The first-order valence-corrected chi connectivity index (χ1v) is 6.90. The third kappa shape index (κ3) is 2.40. The molecule has 2 N–H and O–H groups in total. The maximum Gasteiger partial charge on any atom is 0.330 e. The molecule has 0 bridgehead atoms. The van der Waals surface area contributed by atoms with Gasteiger partial charge in [0.05, 0.1) is 7.11 Å². The Morgan fingerprint density at radius 3 is 2.60 bits per heavy atom. The number of rotatable bonds is 2. The van der Waals surface area contributed by atoms with E-state index in [4.69, 9.17) is 15.2 Å². The molecule has 4 nitrogen and oxygen atoms in total. The van der Waals surface area contributed by atoms with Crippen LogP contribution < -0.4 is 10.5 Å². The van der Waals surface area contributed by atoms with Gasteiger partial charge in [0, 0.05) is 12.0 Å². The number of esters is 1. The molecule has 1 aromatic carbocycles. The van der Waals surface area contributed by atoms with Crippen molar-refractivity contribution in [2.75, 3.05) is 7.11 Å². The molecule has 20 heavy (non-hydrogen) atoms. The van der Waals surface area contributed by atoms with Crippen molar-refractivity contribution in [2.45, 2.75) is 51.2 Å². The maximum absolute atomic E-state index is 12.2. The standard InChI is InChI=1S/C16H23NO3/c1-10(2)11-6-7-13-12(8-11)16(17,14(18)19-5)9-15(3,4)20-13/h6-8,10H,9,17H2,1-5H3. The summed E-state index contributed by atoms with van der Waals surface area (Å²) in [4.78, 5) is 12.2. The quantitative estimate of drug-likeness (QED) is 0.844. The fourth-order valence-electron chi connectivity index (χ4n) is 2.81. The molecular formula is C16H23NO3. The zero-order valence-corrected chi connectivity index (χ0v) is 12.8. The van der Waals surface area contributed by atoms with Gasteiger partial charge in [-0.3, -0.25) is 0 Å². The van der Waals surface area contributed by atoms with Gasteiger partial charge in [-0.25, -0.2) is 4.79 Å². The SMILES string of the molecule is COC(=O)C1(N)CC(C)(C)Oc2ccc(C(C)C)cc21. The summed E-state index contributed by atoms with van der Waals surface area (Å²) >= 11 is 0. The van der Waals surface area contributed by atoms with Crippen LogP contribution in [0, 0.1) is 0 Å². The first-order chi connectivity index (χ1) is 9.19. The van der Waals surface area contributed by atoms with E-state index in [9.17, 15) is 4.79 Å². The third-order valence-corrected chi connectivity index (χ3v) is 3.79. The fraction of sp³-hybridized carbons (Fsp3) is 0.562. The number of hydrogen-bond donors (Lipinski definition) is 1. The first kappa shape index (κ1) is 14.9. The summed E-state index contributed by atoms with van der Waals surface area (Å²) in [6.07, 6.45) is 0.390. The summed E-state index contributed by atoms with van der Waals surface area (Å²) in [5.41, 5.74) is 6.60. The molecule has 1 aromatic rings. The molecule has 1 atom stereocenters. The summed E-state index contributed by atoms with van der Waals surface area (Å²) in [6.45, 7) is 8.06. The number of methoxy groups -OCH3 is 1. The van der Waals surface area contributed by atoms with Gasteiger partial charge in [-0.15, -0.1) is 0 Å². The minimum absolute atomic E-state index is 0.358. The van der Waals surface area contributed by atoms with E-state index in [1.807, 2.05) is 32.0 Å². The molecule has 2 rings (SSSR count). The second-order valence-corrected chi connectivity index (χ2v) is 6.41. The van der Waals surface area contributed by atoms with Crippen LogP contribution in [0.1, 0.15) is 51.2 Å². The van der Waals surface area contributed by atoms with E-state index >= 15 is 0 Å². The van der Waals surface area contributed by atoms with Crippen LogP contribution in [-0.4, -0.2) is 18.7 Å². The summed E-state index contributed by atoms with van der Waals surface area (Å²) in [5, 5.41) is 0. The highest BCUT2D eigenvalue weighted by atomic mass is 16.5. The average Bonchev–Trinajstić information content (AvgIpc) is 2.35. The van der Waals surface area contributed by atoms with Crippen molar-refractivity contribution < 1.29 is 14.3 Å². The van der Waals surface area contributed by atoms with Crippen molar-refractivity contribution in [1.29, 1.82) is 0 Å². The molecule has 110 valence electrons. The van der Waals surface area contributed by atoms with Crippen LogP contribution in [0.25, 0.3) is 0 Å². The molecule has 0 saturated heterocycles. The minimum Gasteiger partial charge on any atom is -0.487 e. The van der Waals surface area contributed by atoms with Crippen molar-refractivity contribution in [3.05, 3.63) is 29.3 Å². The number of carbonyl (C=O) groups is 1. The van der Waals surface area contributed by atoms with Crippen LogP contribution in [0.3, 0.4) is 0 Å². The topological polar surface area (TPSA) is 61.5 Å². The van der Waals surface area contributed by atoms with Gasteiger partial charge in [0.25, 0.3) is 0 Å². The van der Waals surface area contributed by atoms with Gasteiger partial charge in [0.1, 0.15) is 16.9 Å². The summed E-state index contributed by atoms with van der Waals surface area (Å²) in [5.74, 6) is 0.603. The second-order valence-electron chi connectivity index (χ2n) is 6.41. The molecule has 4 heteroatoms. The Bertz CT molecular complexity index is 537. The molecule has 0 aromatic heterocycles. The molecule has 0 radical (unpaired) electrons. The average molecular weight is 277 g/mol. The van der Waals surface area contributed by atoms with Crippen molar-refractivity contribution >= 4 is 5.97 Å². The van der Waals surface area contributed by atoms with E-state index in [-0.39, 0.29) is 0 Å². The highest BCUT2D eigenvalue weighted by Gasteiger charge is 2.48. The fourth-order valence-corrected chi connectivity index (χ4v) is 2.81. The number of benzene rings is 1. The number of hydrogen-bond acceptors (Lipinski definition) is 4. The maximum atomic E-state index is 12.2. The van der Waals surface area contributed by atoms with Crippen LogP contribution >= 0.6 is 0 Å². The number of fused-ring (bicyclic) bond motifs is 1. The predicted octanol–water partition coefficient (Wildman–Crippen LogP) is 2.70. The molecule has 0 saturated carbocycles. The summed E-state index contributed by atoms with van der Waals surface area (Å²) < 4.78 is 10.9. The van der Waals surface area contributed by atoms with E-state index in [1.54, 1.807) is 0 Å². The Kier molecular flexibility index (Phi) is 3.54. The van der Waals surface area contributed by atoms with Crippen LogP contribution in [0.5, 0.6) is 5.75 Å². The lowest BCUT2D eigenvalue weighted by Gasteiger charge is -2.42.